The predicted octanol–water partition coefficient (Wildman–Crippen LogP) is 2.38. The van der Waals surface area contributed by atoms with E-state index in [1.165, 1.54) is 43.0 Å². The summed E-state index contributed by atoms with van der Waals surface area (Å²) in [6, 6.07) is 0. The van der Waals surface area contributed by atoms with E-state index in [9.17, 15) is 0 Å². The van der Waals surface area contributed by atoms with E-state index in [4.69, 9.17) is 19.8 Å². The largest absolute Gasteiger partial charge is 0.473 e. The molecule has 0 spiro atoms. The van der Waals surface area contributed by atoms with Crippen LogP contribution in [-0.2, 0) is 16.6 Å². The molecular weight excluding hydrogens is 474 g/mol. The molecule has 2 aromatic heterocycles. The number of unbranched alkanes of at least 4 members (excludes halogenated alkanes) is 3. The predicted molar refractivity (Wildman–Crippen MR) is 124 cm³/mol. The Hall–Kier alpha value is -2.03. The number of hydrogen-bond donors (Lipinski definition) is 2. The second-order valence-electron chi connectivity index (χ2n) is 6.98. The molecule has 3 rings (SSSR count). The van der Waals surface area contributed by atoms with Gasteiger partial charge in [0.2, 0.25) is 5.16 Å². The molecule has 0 aromatic carbocycles. The lowest BCUT2D eigenvalue weighted by Crippen LogP contribution is -2.25. The summed E-state index contributed by atoms with van der Waals surface area (Å²) in [5, 5.41) is 28.3. The lowest BCUT2D eigenvalue weighted by molar-refractivity contribution is -0.159. The number of hydrogen-bond acceptors (Lipinski definition) is 11. The number of nitrogens with zero attached hydrogens (tertiary/aromatic N) is 7. The highest BCUT2D eigenvalue weighted by Gasteiger charge is 2.17. The fraction of sp³-hybridized carbons (Fsp3) is 0.611. The average Bonchev–Trinajstić information content (AvgIpc) is 3.39. The number of carboxylic acids is 2. The van der Waals surface area contributed by atoms with Crippen LogP contribution >= 0.6 is 35.3 Å². The van der Waals surface area contributed by atoms with Crippen LogP contribution in [0.25, 0.3) is 5.57 Å². The van der Waals surface area contributed by atoms with Gasteiger partial charge in [0.15, 0.2) is 0 Å². The Kier molecular flexibility index (Phi) is 11.6. The number of thioether (sulfide) groups is 2. The van der Waals surface area contributed by atoms with Crippen LogP contribution in [0.15, 0.2) is 16.3 Å². The van der Waals surface area contributed by atoms with Crippen LogP contribution in [0.4, 0.5) is 0 Å². The molecule has 0 bridgehead atoms. The molecule has 176 valence electrons. The molecule has 11 nitrogen and oxygen atoms in total. The van der Waals surface area contributed by atoms with Crippen LogP contribution in [0.1, 0.15) is 37.8 Å². The van der Waals surface area contributed by atoms with Gasteiger partial charge in [0, 0.05) is 25.9 Å². The van der Waals surface area contributed by atoms with Gasteiger partial charge < -0.3 is 15.1 Å². The number of aromatic nitrogens is 6. The third-order valence-electron chi connectivity index (χ3n) is 4.38. The molecule has 0 aliphatic carbocycles. The lowest BCUT2D eigenvalue weighted by atomic mass is 10.1. The summed E-state index contributed by atoms with van der Waals surface area (Å²) in [5.41, 5.74) is 2.45. The van der Waals surface area contributed by atoms with Crippen LogP contribution in [0.3, 0.4) is 0 Å². The smallest absolute Gasteiger partial charge is 0.414 e. The molecule has 0 saturated carbocycles. The summed E-state index contributed by atoms with van der Waals surface area (Å²) in [4.78, 5) is 20.5. The van der Waals surface area contributed by atoms with Gasteiger partial charge in [0.1, 0.15) is 10.7 Å². The van der Waals surface area contributed by atoms with Gasteiger partial charge in [0.25, 0.3) is 0 Å². The fourth-order valence-corrected chi connectivity index (χ4v) is 5.33. The Labute approximate surface area is 199 Å². The highest BCUT2D eigenvalue weighted by atomic mass is 32.2. The normalized spacial score (nSPS) is 13.9. The molecule has 3 heterocycles. The summed E-state index contributed by atoms with van der Waals surface area (Å²) < 4.78 is 10.8. The van der Waals surface area contributed by atoms with E-state index < -0.39 is 11.9 Å². The quantitative estimate of drug-likeness (QED) is 0.280. The van der Waals surface area contributed by atoms with Gasteiger partial charge in [-0.1, -0.05) is 30.7 Å². The van der Waals surface area contributed by atoms with Gasteiger partial charge in [-0.15, -0.1) is 16.9 Å². The molecule has 32 heavy (non-hydrogen) atoms. The second kappa shape index (κ2) is 14.2. The molecule has 2 aromatic rings. The molecule has 2 N–H and O–H groups in total. The maximum Gasteiger partial charge on any atom is 0.414 e. The monoisotopic (exact) mass is 501 g/mol. The van der Waals surface area contributed by atoms with Crippen molar-refractivity contribution in [1.29, 1.82) is 0 Å². The summed E-state index contributed by atoms with van der Waals surface area (Å²) in [7, 11) is 4.04. The van der Waals surface area contributed by atoms with E-state index in [2.05, 4.69) is 42.3 Å². The fourth-order valence-electron chi connectivity index (χ4n) is 2.77. The van der Waals surface area contributed by atoms with Gasteiger partial charge >= 0.3 is 11.9 Å². The first-order valence-electron chi connectivity index (χ1n) is 10.0. The van der Waals surface area contributed by atoms with E-state index in [-0.39, 0.29) is 0 Å². The van der Waals surface area contributed by atoms with E-state index >= 15 is 0 Å². The highest BCUT2D eigenvalue weighted by Crippen LogP contribution is 2.29. The number of aliphatic carboxylic acids is 2. The Morgan fingerprint density at radius 3 is 2.34 bits per heavy atom. The van der Waals surface area contributed by atoms with Gasteiger partial charge in [-0.3, -0.25) is 0 Å². The molecule has 1 aliphatic heterocycles. The van der Waals surface area contributed by atoms with E-state index in [1.54, 1.807) is 16.4 Å². The van der Waals surface area contributed by atoms with Crippen LogP contribution in [0, 0.1) is 0 Å². The summed E-state index contributed by atoms with van der Waals surface area (Å²) in [6.07, 6.45) is 8.35. The lowest BCUT2D eigenvalue weighted by Gasteiger charge is -2.22. The number of aryl methyl sites for hydroxylation is 1. The van der Waals surface area contributed by atoms with Gasteiger partial charge in [-0.2, -0.15) is 8.75 Å². The number of likely N-dealkylation sites (N-methyl/N-ethyl adjacent to an activating group) is 1. The van der Waals surface area contributed by atoms with E-state index in [0.717, 1.165) is 46.9 Å². The van der Waals surface area contributed by atoms with Crippen LogP contribution < -0.4 is 0 Å². The van der Waals surface area contributed by atoms with Gasteiger partial charge in [-0.25, -0.2) is 14.3 Å². The van der Waals surface area contributed by atoms with Crippen molar-refractivity contribution in [2.24, 2.45) is 7.05 Å². The maximum atomic E-state index is 9.10. The van der Waals surface area contributed by atoms with E-state index in [1.807, 2.05) is 18.8 Å². The molecule has 0 saturated heterocycles. The molecule has 1 aliphatic rings. The Bertz CT molecular complexity index is 891. The standard InChI is InChI=1S/C16H25N7S3.C2H2O4/c1-22-9-7-8-13(12-22)14-15(19-26-18-14)24-10-5-3-4-6-11-25-16-17-20-21-23(16)2;3-1(4)2(5)6/h8H,3-7,9-12H2,1-2H3;(H,3,4)(H,5,6). The van der Waals surface area contributed by atoms with Crippen LogP contribution in [-0.4, -0.2) is 87.6 Å². The van der Waals surface area contributed by atoms with Gasteiger partial charge in [-0.05, 0) is 48.1 Å². The molecule has 0 radical (unpaired) electrons. The number of carbonyl (C=O) groups is 2. The first kappa shape index (κ1) is 26.2. The van der Waals surface area contributed by atoms with Crippen molar-refractivity contribution in [3.05, 3.63) is 11.8 Å². The van der Waals surface area contributed by atoms with Crippen molar-refractivity contribution in [1.82, 2.24) is 33.9 Å². The Morgan fingerprint density at radius 2 is 1.75 bits per heavy atom. The maximum absolute atomic E-state index is 9.10. The summed E-state index contributed by atoms with van der Waals surface area (Å²) >= 11 is 4.92. The summed E-state index contributed by atoms with van der Waals surface area (Å²) in [6.45, 7) is 2.12. The zero-order chi connectivity index (χ0) is 23.3. The van der Waals surface area contributed by atoms with Gasteiger partial charge in [0.05, 0.1) is 11.7 Å². The second-order valence-corrected chi connectivity index (χ2v) is 9.65. The molecule has 0 fully saturated rings. The van der Waals surface area contributed by atoms with Crippen molar-refractivity contribution in [3.8, 4) is 0 Å². The minimum absolute atomic E-state index is 0.895. The minimum atomic E-state index is -1.82. The molecule has 0 unspecified atom stereocenters. The zero-order valence-corrected chi connectivity index (χ0v) is 20.5. The van der Waals surface area contributed by atoms with Crippen molar-refractivity contribution >= 4 is 52.8 Å². The van der Waals surface area contributed by atoms with Crippen molar-refractivity contribution in [2.75, 3.05) is 31.6 Å². The molecule has 0 amide bonds. The summed E-state index contributed by atoms with van der Waals surface area (Å²) in [5.74, 6) is -1.46. The van der Waals surface area contributed by atoms with Crippen molar-refractivity contribution < 1.29 is 19.8 Å². The Morgan fingerprint density at radius 1 is 1.06 bits per heavy atom. The van der Waals surface area contributed by atoms with Crippen molar-refractivity contribution in [3.63, 3.8) is 0 Å². The molecular formula is C18H27N7O4S3. The first-order chi connectivity index (χ1) is 15.4. The Balaban J connectivity index is 0.000000534. The molecule has 14 heteroatoms. The number of rotatable bonds is 10. The minimum Gasteiger partial charge on any atom is -0.473 e. The molecule has 0 atom stereocenters. The first-order valence-corrected chi connectivity index (χ1v) is 12.7. The number of carboxylic acid groups (broad SMARTS) is 2. The average molecular weight is 502 g/mol. The van der Waals surface area contributed by atoms with E-state index in [0.29, 0.717) is 0 Å². The van der Waals surface area contributed by atoms with Crippen LogP contribution in [0.5, 0.6) is 0 Å². The third-order valence-corrected chi connectivity index (χ3v) is 7.17. The topological polar surface area (TPSA) is 147 Å². The van der Waals surface area contributed by atoms with Crippen molar-refractivity contribution in [2.45, 2.75) is 42.3 Å². The zero-order valence-electron chi connectivity index (χ0n) is 18.0. The van der Waals surface area contributed by atoms with Crippen LogP contribution in [0.2, 0.25) is 0 Å². The number of tetrazole rings is 1. The SMILES string of the molecule is CN1CCC=C(c2nsnc2SCCCCCCSc2nnnn2C)C1.O=C(O)C(=O)O. The third kappa shape index (κ3) is 9.22. The highest BCUT2D eigenvalue weighted by molar-refractivity contribution is 7.99.